The Morgan fingerprint density at radius 1 is 1.20 bits per heavy atom. The summed E-state index contributed by atoms with van der Waals surface area (Å²) in [5, 5.41) is 14.3. The second-order valence-corrected chi connectivity index (χ2v) is 4.03. The van der Waals surface area contributed by atoms with Gasteiger partial charge in [-0.15, -0.1) is 0 Å². The summed E-state index contributed by atoms with van der Waals surface area (Å²) in [6.07, 6.45) is 1.19. The zero-order valence-electron chi connectivity index (χ0n) is 10.4. The Labute approximate surface area is 114 Å². The van der Waals surface area contributed by atoms with Gasteiger partial charge in [0.15, 0.2) is 0 Å². The van der Waals surface area contributed by atoms with Gasteiger partial charge in [-0.25, -0.2) is 9.59 Å². The van der Waals surface area contributed by atoms with Crippen LogP contribution in [0.5, 0.6) is 0 Å². The molecular formula is C13H13N3O4. The van der Waals surface area contributed by atoms with E-state index in [1.165, 1.54) is 12.3 Å². The number of rotatable bonds is 5. The molecule has 0 aliphatic rings. The number of carboxylic acids is 1. The normalized spacial score (nSPS) is 10.0. The number of carbonyl (C=O) groups is 2. The number of nitrogens with two attached hydrogens (primary N) is 1. The van der Waals surface area contributed by atoms with Crippen LogP contribution in [0.1, 0.15) is 16.1 Å². The van der Waals surface area contributed by atoms with E-state index in [0.29, 0.717) is 18.0 Å². The van der Waals surface area contributed by atoms with Crippen molar-refractivity contribution in [2.24, 2.45) is 5.73 Å². The van der Waals surface area contributed by atoms with Gasteiger partial charge in [0, 0.05) is 11.4 Å². The lowest BCUT2D eigenvalue weighted by Crippen LogP contribution is -2.19. The van der Waals surface area contributed by atoms with Gasteiger partial charge >= 0.3 is 12.0 Å². The molecule has 0 unspecified atom stereocenters. The summed E-state index contributed by atoms with van der Waals surface area (Å²) in [6, 6.07) is 7.73. The molecule has 20 heavy (non-hydrogen) atoms. The van der Waals surface area contributed by atoms with E-state index >= 15 is 0 Å². The van der Waals surface area contributed by atoms with Crippen LogP contribution >= 0.6 is 0 Å². The fourth-order valence-corrected chi connectivity index (χ4v) is 1.59. The van der Waals surface area contributed by atoms with Crippen molar-refractivity contribution in [3.63, 3.8) is 0 Å². The van der Waals surface area contributed by atoms with Crippen LogP contribution in [0, 0.1) is 0 Å². The standard InChI is InChI=1S/C13H13N3O4/c14-13(19)16-10-3-1-9(2-4-10)15-6-11-5-8(7-20-11)12(17)18/h1-5,7,15H,6H2,(H,17,18)(H3,14,16,19). The second kappa shape index (κ2) is 5.79. The number of nitrogens with one attached hydrogen (secondary N) is 2. The van der Waals surface area contributed by atoms with E-state index in [-0.39, 0.29) is 5.56 Å². The van der Waals surface area contributed by atoms with Crippen LogP contribution in [-0.2, 0) is 6.54 Å². The Balaban J connectivity index is 1.93. The van der Waals surface area contributed by atoms with Crippen LogP contribution in [0.4, 0.5) is 16.2 Å². The Kier molecular flexibility index (Phi) is 3.90. The molecule has 0 radical (unpaired) electrons. The molecule has 0 fully saturated rings. The van der Waals surface area contributed by atoms with E-state index < -0.39 is 12.0 Å². The molecule has 0 saturated heterocycles. The number of benzene rings is 1. The molecule has 2 aromatic rings. The lowest BCUT2D eigenvalue weighted by atomic mass is 10.2. The molecule has 0 bridgehead atoms. The third kappa shape index (κ3) is 3.52. The molecule has 0 saturated carbocycles. The largest absolute Gasteiger partial charge is 0.478 e. The summed E-state index contributed by atoms with van der Waals surface area (Å²) in [5.41, 5.74) is 6.50. The van der Waals surface area contributed by atoms with Gasteiger partial charge in [0.25, 0.3) is 0 Å². The second-order valence-electron chi connectivity index (χ2n) is 4.03. The molecule has 2 rings (SSSR count). The minimum atomic E-state index is -1.03. The van der Waals surface area contributed by atoms with E-state index in [1.54, 1.807) is 24.3 Å². The highest BCUT2D eigenvalue weighted by molar-refractivity contribution is 5.88. The van der Waals surface area contributed by atoms with Crippen LogP contribution in [0.2, 0.25) is 0 Å². The molecule has 0 spiro atoms. The quantitative estimate of drug-likeness (QED) is 0.666. The zero-order valence-corrected chi connectivity index (χ0v) is 10.4. The van der Waals surface area contributed by atoms with Crippen molar-refractivity contribution in [3.05, 3.63) is 47.9 Å². The highest BCUT2D eigenvalue weighted by Gasteiger charge is 2.07. The molecule has 0 aliphatic carbocycles. The minimum absolute atomic E-state index is 0.114. The van der Waals surface area contributed by atoms with Gasteiger partial charge in [0.2, 0.25) is 0 Å². The molecule has 0 atom stereocenters. The highest BCUT2D eigenvalue weighted by Crippen LogP contribution is 2.15. The van der Waals surface area contributed by atoms with Crippen molar-refractivity contribution in [2.75, 3.05) is 10.6 Å². The SMILES string of the molecule is NC(=O)Nc1ccc(NCc2cc(C(=O)O)co2)cc1. The Morgan fingerprint density at radius 2 is 1.85 bits per heavy atom. The Bertz CT molecular complexity index is 619. The number of hydrogen-bond acceptors (Lipinski definition) is 4. The van der Waals surface area contributed by atoms with Crippen molar-refractivity contribution in [3.8, 4) is 0 Å². The summed E-state index contributed by atoms with van der Waals surface area (Å²) in [6.45, 7) is 0.357. The average Bonchev–Trinajstić information content (AvgIpc) is 2.86. The first-order chi connectivity index (χ1) is 9.54. The number of aromatic carboxylic acids is 1. The van der Waals surface area contributed by atoms with Crippen LogP contribution in [0.3, 0.4) is 0 Å². The smallest absolute Gasteiger partial charge is 0.338 e. The van der Waals surface area contributed by atoms with Crippen molar-refractivity contribution < 1.29 is 19.1 Å². The zero-order chi connectivity index (χ0) is 14.5. The number of carboxylic acid groups (broad SMARTS) is 1. The summed E-state index contributed by atoms with van der Waals surface area (Å²) in [4.78, 5) is 21.3. The van der Waals surface area contributed by atoms with Crippen LogP contribution in [0.25, 0.3) is 0 Å². The van der Waals surface area contributed by atoms with Crippen molar-refractivity contribution in [2.45, 2.75) is 6.54 Å². The molecule has 104 valence electrons. The van der Waals surface area contributed by atoms with E-state index in [4.69, 9.17) is 15.3 Å². The number of carbonyl (C=O) groups excluding carboxylic acids is 1. The minimum Gasteiger partial charge on any atom is -0.478 e. The van der Waals surface area contributed by atoms with Gasteiger partial charge in [-0.3, -0.25) is 0 Å². The molecule has 1 aromatic heterocycles. The van der Waals surface area contributed by atoms with Gasteiger partial charge in [0.1, 0.15) is 12.0 Å². The number of amides is 2. The maximum Gasteiger partial charge on any atom is 0.338 e. The summed E-state index contributed by atoms with van der Waals surface area (Å²) < 4.78 is 5.11. The van der Waals surface area contributed by atoms with Crippen LogP contribution < -0.4 is 16.4 Å². The maximum absolute atomic E-state index is 10.7. The third-order valence-corrected chi connectivity index (χ3v) is 2.52. The van der Waals surface area contributed by atoms with Crippen molar-refractivity contribution in [1.82, 2.24) is 0 Å². The van der Waals surface area contributed by atoms with E-state index in [2.05, 4.69) is 10.6 Å². The number of anilines is 2. The van der Waals surface area contributed by atoms with Crippen LogP contribution in [0.15, 0.2) is 41.0 Å². The van der Waals surface area contributed by atoms with Gasteiger partial charge < -0.3 is 25.9 Å². The molecular weight excluding hydrogens is 262 g/mol. The lowest BCUT2D eigenvalue weighted by molar-refractivity contribution is 0.0696. The van der Waals surface area contributed by atoms with E-state index in [9.17, 15) is 9.59 Å². The molecule has 7 heteroatoms. The van der Waals surface area contributed by atoms with Crippen molar-refractivity contribution in [1.29, 1.82) is 0 Å². The molecule has 0 aliphatic heterocycles. The first-order valence-corrected chi connectivity index (χ1v) is 5.75. The van der Waals surface area contributed by atoms with E-state index in [1.807, 2.05) is 0 Å². The highest BCUT2D eigenvalue weighted by atomic mass is 16.4. The Hall–Kier alpha value is -2.96. The van der Waals surface area contributed by atoms with Gasteiger partial charge in [-0.1, -0.05) is 0 Å². The predicted molar refractivity (Wildman–Crippen MR) is 72.6 cm³/mol. The fourth-order valence-electron chi connectivity index (χ4n) is 1.59. The topological polar surface area (TPSA) is 118 Å². The average molecular weight is 275 g/mol. The van der Waals surface area contributed by atoms with Crippen molar-refractivity contribution >= 4 is 23.4 Å². The van der Waals surface area contributed by atoms with Crippen LogP contribution in [-0.4, -0.2) is 17.1 Å². The van der Waals surface area contributed by atoms with E-state index in [0.717, 1.165) is 5.69 Å². The monoisotopic (exact) mass is 275 g/mol. The molecule has 1 aromatic carbocycles. The molecule has 1 heterocycles. The number of primary amides is 1. The lowest BCUT2D eigenvalue weighted by Gasteiger charge is -2.06. The van der Waals surface area contributed by atoms with Gasteiger partial charge in [-0.05, 0) is 30.3 Å². The first kappa shape index (κ1) is 13.5. The summed E-state index contributed by atoms with van der Waals surface area (Å²) in [7, 11) is 0. The molecule has 7 nitrogen and oxygen atoms in total. The summed E-state index contributed by atoms with van der Waals surface area (Å²) in [5.74, 6) is -0.511. The first-order valence-electron chi connectivity index (χ1n) is 5.75. The predicted octanol–water partition coefficient (Wildman–Crippen LogP) is 2.08. The Morgan fingerprint density at radius 3 is 2.40 bits per heavy atom. The fraction of sp³-hybridized carbons (Fsp3) is 0.0769. The third-order valence-electron chi connectivity index (χ3n) is 2.52. The number of hydrogen-bond donors (Lipinski definition) is 4. The maximum atomic E-state index is 10.7. The number of urea groups is 1. The van der Waals surface area contributed by atoms with Gasteiger partial charge in [0.05, 0.1) is 12.1 Å². The molecule has 2 amide bonds. The van der Waals surface area contributed by atoms with Gasteiger partial charge in [-0.2, -0.15) is 0 Å². The summed E-state index contributed by atoms with van der Waals surface area (Å²) >= 11 is 0. The number of furan rings is 1. The molecule has 5 N–H and O–H groups in total.